The highest BCUT2D eigenvalue weighted by atomic mass is 79.9. The Kier molecular flexibility index (Phi) is 4.64. The van der Waals surface area contributed by atoms with E-state index >= 15 is 0 Å². The Labute approximate surface area is 133 Å². The minimum Gasteiger partial charge on any atom is -0.378 e. The first-order valence-corrected chi connectivity index (χ1v) is 8.76. The van der Waals surface area contributed by atoms with Gasteiger partial charge in [0.15, 0.2) is 0 Å². The average molecular weight is 355 g/mol. The molecule has 0 aliphatic carbocycles. The second-order valence-corrected chi connectivity index (χ2v) is 6.83. The molecule has 3 rings (SSSR count). The molecule has 116 valence electrons. The van der Waals surface area contributed by atoms with Gasteiger partial charge in [-0.15, -0.1) is 0 Å². The van der Waals surface area contributed by atoms with Crippen LogP contribution < -0.4 is 10.9 Å². The third-order valence-corrected chi connectivity index (χ3v) is 5.38. The number of aryl methyl sites for hydroxylation is 1. The second kappa shape index (κ2) is 6.48. The standard InChI is InChI=1S/C15H23BrN4O/c1-2-7-20-15(21)14(16)12(10-17-20)18-11-6-9-19-8-4-3-5-13(11)19/h10-11,13,18H,2-9H2,1H3. The Morgan fingerprint density at radius 3 is 3.05 bits per heavy atom. The molecule has 0 saturated carbocycles. The van der Waals surface area contributed by atoms with E-state index in [4.69, 9.17) is 0 Å². The van der Waals surface area contributed by atoms with Gasteiger partial charge in [-0.25, -0.2) is 4.68 Å². The summed E-state index contributed by atoms with van der Waals surface area (Å²) in [6.45, 7) is 5.10. The molecule has 3 heterocycles. The maximum absolute atomic E-state index is 12.2. The van der Waals surface area contributed by atoms with Crippen LogP contribution >= 0.6 is 15.9 Å². The highest BCUT2D eigenvalue weighted by Crippen LogP contribution is 2.30. The van der Waals surface area contributed by atoms with Crippen LogP contribution in [0.3, 0.4) is 0 Å². The Morgan fingerprint density at radius 2 is 2.24 bits per heavy atom. The molecule has 2 aliphatic heterocycles. The van der Waals surface area contributed by atoms with Crippen molar-refractivity contribution in [2.75, 3.05) is 18.4 Å². The van der Waals surface area contributed by atoms with Gasteiger partial charge in [0, 0.05) is 25.2 Å². The van der Waals surface area contributed by atoms with Crippen molar-refractivity contribution < 1.29 is 0 Å². The first-order valence-electron chi connectivity index (χ1n) is 7.97. The highest BCUT2D eigenvalue weighted by molar-refractivity contribution is 9.10. The van der Waals surface area contributed by atoms with Crippen molar-refractivity contribution in [2.24, 2.45) is 0 Å². The van der Waals surface area contributed by atoms with Crippen LogP contribution in [-0.4, -0.2) is 39.9 Å². The number of hydrogen-bond acceptors (Lipinski definition) is 4. The molecule has 2 saturated heterocycles. The van der Waals surface area contributed by atoms with E-state index < -0.39 is 0 Å². The number of hydrogen-bond donors (Lipinski definition) is 1. The summed E-state index contributed by atoms with van der Waals surface area (Å²) in [4.78, 5) is 14.8. The zero-order valence-corrected chi connectivity index (χ0v) is 14.1. The number of fused-ring (bicyclic) bond motifs is 1. The maximum atomic E-state index is 12.2. The van der Waals surface area contributed by atoms with Crippen molar-refractivity contribution in [3.8, 4) is 0 Å². The quantitative estimate of drug-likeness (QED) is 0.902. The third-order valence-electron chi connectivity index (χ3n) is 4.62. The predicted octanol–water partition coefficient (Wildman–Crippen LogP) is 2.45. The summed E-state index contributed by atoms with van der Waals surface area (Å²) in [5, 5.41) is 7.83. The minimum atomic E-state index is -0.0413. The summed E-state index contributed by atoms with van der Waals surface area (Å²) < 4.78 is 2.14. The van der Waals surface area contributed by atoms with Crippen molar-refractivity contribution in [3.05, 3.63) is 21.0 Å². The fraction of sp³-hybridized carbons (Fsp3) is 0.733. The lowest BCUT2D eigenvalue weighted by Gasteiger charge is -2.33. The van der Waals surface area contributed by atoms with Crippen LogP contribution in [0.15, 0.2) is 15.5 Å². The Hall–Kier alpha value is -0.880. The van der Waals surface area contributed by atoms with Gasteiger partial charge in [0.2, 0.25) is 0 Å². The lowest BCUT2D eigenvalue weighted by Crippen LogP contribution is -2.42. The molecule has 0 bridgehead atoms. The van der Waals surface area contributed by atoms with E-state index in [2.05, 4.69) is 31.2 Å². The van der Waals surface area contributed by atoms with E-state index in [0.717, 1.165) is 18.5 Å². The Balaban J connectivity index is 1.76. The Bertz CT molecular complexity index is 559. The number of anilines is 1. The van der Waals surface area contributed by atoms with Gasteiger partial charge in [-0.2, -0.15) is 5.10 Å². The monoisotopic (exact) mass is 354 g/mol. The number of rotatable bonds is 4. The van der Waals surface area contributed by atoms with E-state index in [0.29, 0.717) is 23.1 Å². The first kappa shape index (κ1) is 15.0. The van der Waals surface area contributed by atoms with Crippen LogP contribution in [0.25, 0.3) is 0 Å². The summed E-state index contributed by atoms with van der Waals surface area (Å²) in [5.74, 6) is 0. The summed E-state index contributed by atoms with van der Waals surface area (Å²) in [6, 6.07) is 1.05. The fourth-order valence-corrected chi connectivity index (χ4v) is 3.97. The fourth-order valence-electron chi connectivity index (χ4n) is 3.55. The van der Waals surface area contributed by atoms with E-state index in [1.165, 1.54) is 37.0 Å². The normalized spacial score (nSPS) is 25.8. The zero-order chi connectivity index (χ0) is 14.8. The minimum absolute atomic E-state index is 0.0413. The zero-order valence-electron chi connectivity index (χ0n) is 12.5. The summed E-state index contributed by atoms with van der Waals surface area (Å²) in [7, 11) is 0. The molecule has 1 N–H and O–H groups in total. The van der Waals surface area contributed by atoms with Gasteiger partial charge in [0.25, 0.3) is 5.56 Å². The van der Waals surface area contributed by atoms with Gasteiger partial charge in [0.05, 0.1) is 11.9 Å². The summed E-state index contributed by atoms with van der Waals surface area (Å²) in [5.41, 5.74) is 0.796. The van der Waals surface area contributed by atoms with Crippen LogP contribution in [0.5, 0.6) is 0 Å². The van der Waals surface area contributed by atoms with Gasteiger partial charge >= 0.3 is 0 Å². The largest absolute Gasteiger partial charge is 0.378 e. The van der Waals surface area contributed by atoms with Crippen LogP contribution in [-0.2, 0) is 6.54 Å². The molecular formula is C15H23BrN4O. The second-order valence-electron chi connectivity index (χ2n) is 6.04. The summed E-state index contributed by atoms with van der Waals surface area (Å²) >= 11 is 3.45. The van der Waals surface area contributed by atoms with Gasteiger partial charge < -0.3 is 5.32 Å². The van der Waals surface area contributed by atoms with E-state index in [9.17, 15) is 4.79 Å². The molecule has 0 radical (unpaired) electrons. The molecule has 0 aromatic carbocycles. The average Bonchev–Trinajstić information content (AvgIpc) is 2.90. The van der Waals surface area contributed by atoms with Crippen LogP contribution in [0.2, 0.25) is 0 Å². The number of aromatic nitrogens is 2. The van der Waals surface area contributed by atoms with Crippen molar-refractivity contribution >= 4 is 21.6 Å². The van der Waals surface area contributed by atoms with Crippen molar-refractivity contribution in [2.45, 2.75) is 57.7 Å². The molecule has 6 heteroatoms. The SMILES string of the molecule is CCCn1ncc(NC2CCN3CCCCC23)c(Br)c1=O. The van der Waals surface area contributed by atoms with Crippen molar-refractivity contribution in [1.82, 2.24) is 14.7 Å². The highest BCUT2D eigenvalue weighted by Gasteiger charge is 2.35. The van der Waals surface area contributed by atoms with Crippen LogP contribution in [0.4, 0.5) is 5.69 Å². The molecule has 21 heavy (non-hydrogen) atoms. The predicted molar refractivity (Wildman–Crippen MR) is 87.7 cm³/mol. The van der Waals surface area contributed by atoms with Crippen molar-refractivity contribution in [3.63, 3.8) is 0 Å². The number of nitrogens with one attached hydrogen (secondary N) is 1. The van der Waals surface area contributed by atoms with Gasteiger partial charge in [-0.1, -0.05) is 13.3 Å². The molecule has 2 fully saturated rings. The molecule has 0 spiro atoms. The number of halogens is 1. The first-order chi connectivity index (χ1) is 10.2. The molecule has 2 unspecified atom stereocenters. The van der Waals surface area contributed by atoms with E-state index in [1.54, 1.807) is 6.20 Å². The number of nitrogens with zero attached hydrogens (tertiary/aromatic N) is 3. The molecule has 1 aromatic rings. The number of piperidine rings is 1. The topological polar surface area (TPSA) is 50.2 Å². The molecule has 2 aliphatic rings. The molecular weight excluding hydrogens is 332 g/mol. The van der Waals surface area contributed by atoms with Gasteiger partial charge in [-0.05, 0) is 48.2 Å². The third kappa shape index (κ3) is 3.01. The van der Waals surface area contributed by atoms with Crippen molar-refractivity contribution in [1.29, 1.82) is 0 Å². The summed E-state index contributed by atoms with van der Waals surface area (Å²) in [6.07, 6.45) is 7.74. The Morgan fingerprint density at radius 1 is 1.38 bits per heavy atom. The van der Waals surface area contributed by atoms with Crippen LogP contribution in [0, 0.1) is 0 Å². The lowest BCUT2D eigenvalue weighted by atomic mass is 9.99. The molecule has 2 atom stereocenters. The molecule has 1 aromatic heterocycles. The van der Waals surface area contributed by atoms with Gasteiger partial charge in [-0.3, -0.25) is 9.69 Å². The lowest BCUT2D eigenvalue weighted by molar-refractivity contribution is 0.192. The maximum Gasteiger partial charge on any atom is 0.283 e. The molecule has 0 amide bonds. The molecule has 5 nitrogen and oxygen atoms in total. The van der Waals surface area contributed by atoms with Crippen LogP contribution in [0.1, 0.15) is 39.0 Å². The van der Waals surface area contributed by atoms with E-state index in [-0.39, 0.29) is 5.56 Å². The smallest absolute Gasteiger partial charge is 0.283 e. The van der Waals surface area contributed by atoms with E-state index in [1.807, 2.05) is 6.92 Å². The van der Waals surface area contributed by atoms with Gasteiger partial charge in [0.1, 0.15) is 4.47 Å².